The van der Waals surface area contributed by atoms with Crippen molar-refractivity contribution in [2.24, 2.45) is 11.8 Å². The van der Waals surface area contributed by atoms with Gasteiger partial charge in [-0.25, -0.2) is 13.2 Å². The number of aliphatic carboxylic acids is 1. The summed E-state index contributed by atoms with van der Waals surface area (Å²) in [6.45, 7) is 8.53. The Morgan fingerprint density at radius 2 is 1.49 bits per heavy atom. The molecule has 3 aromatic rings. The number of nitrogens with zero attached hydrogens (tertiary/aromatic N) is 1. The molecule has 0 saturated carbocycles. The summed E-state index contributed by atoms with van der Waals surface area (Å²) in [6.07, 6.45) is 1.32. The normalized spacial score (nSPS) is 12.2. The van der Waals surface area contributed by atoms with E-state index in [0.29, 0.717) is 35.6 Å². The zero-order valence-corrected chi connectivity index (χ0v) is 22.0. The van der Waals surface area contributed by atoms with Crippen LogP contribution in [0.3, 0.4) is 0 Å². The maximum atomic E-state index is 14.0. The van der Waals surface area contributed by atoms with Crippen LogP contribution in [0.15, 0.2) is 60.7 Å². The number of benzene rings is 3. The Balaban J connectivity index is 2.14. The molecule has 0 saturated heterocycles. The van der Waals surface area contributed by atoms with Crippen molar-refractivity contribution in [1.82, 2.24) is 0 Å². The van der Waals surface area contributed by atoms with Crippen LogP contribution in [0.1, 0.15) is 63.1 Å². The summed E-state index contributed by atoms with van der Waals surface area (Å²) in [5, 5.41) is 10.1. The molecule has 0 heterocycles. The van der Waals surface area contributed by atoms with E-state index < -0.39 is 30.2 Å². The van der Waals surface area contributed by atoms with Gasteiger partial charge in [-0.15, -0.1) is 0 Å². The van der Waals surface area contributed by atoms with Crippen molar-refractivity contribution in [3.05, 3.63) is 89.0 Å². The number of anilines is 1. The third-order valence-corrected chi connectivity index (χ3v) is 6.43. The molecule has 0 spiro atoms. The minimum absolute atomic E-state index is 0.171. The Bertz CT molecular complexity index is 1170. The molecule has 0 amide bonds. The van der Waals surface area contributed by atoms with Gasteiger partial charge in [-0.2, -0.15) is 0 Å². The first-order valence-corrected chi connectivity index (χ1v) is 12.8. The largest absolute Gasteiger partial charge is 0.481 e. The molecule has 0 aliphatic carbocycles. The van der Waals surface area contributed by atoms with Gasteiger partial charge in [-0.05, 0) is 76.8 Å². The van der Waals surface area contributed by atoms with E-state index in [1.54, 1.807) is 12.1 Å². The average molecular weight is 512 g/mol. The Kier molecular flexibility index (Phi) is 9.79. The lowest BCUT2D eigenvalue weighted by molar-refractivity contribution is -0.139. The van der Waals surface area contributed by atoms with Gasteiger partial charge in [-0.3, -0.25) is 4.79 Å². The second kappa shape index (κ2) is 12.8. The lowest BCUT2D eigenvalue weighted by atomic mass is 9.88. The number of rotatable bonds is 12. The van der Waals surface area contributed by atoms with Gasteiger partial charge in [-0.1, -0.05) is 58.0 Å². The van der Waals surface area contributed by atoms with Gasteiger partial charge in [0.1, 0.15) is 18.3 Å². The highest BCUT2D eigenvalue weighted by atomic mass is 19.1. The van der Waals surface area contributed by atoms with Crippen LogP contribution in [0.4, 0.5) is 18.9 Å². The number of alkyl halides is 1. The highest BCUT2D eigenvalue weighted by Crippen LogP contribution is 2.34. The molecule has 1 N–H and O–H groups in total. The molecule has 3 aromatic carbocycles. The topological polar surface area (TPSA) is 40.5 Å². The second-order valence-corrected chi connectivity index (χ2v) is 10.5. The molecule has 0 aromatic heterocycles. The summed E-state index contributed by atoms with van der Waals surface area (Å²) < 4.78 is 41.0. The number of hydrogen-bond acceptors (Lipinski definition) is 2. The van der Waals surface area contributed by atoms with Gasteiger partial charge in [0.05, 0.1) is 5.92 Å². The molecule has 3 rings (SSSR count). The number of hydrogen-bond donors (Lipinski definition) is 1. The Hall–Kier alpha value is -3.28. The van der Waals surface area contributed by atoms with E-state index in [0.717, 1.165) is 29.3 Å². The lowest BCUT2D eigenvalue weighted by Gasteiger charge is -2.28. The zero-order chi connectivity index (χ0) is 27.1. The molecule has 0 aliphatic rings. The third-order valence-electron chi connectivity index (χ3n) is 6.43. The van der Waals surface area contributed by atoms with Gasteiger partial charge in [0.25, 0.3) is 0 Å². The van der Waals surface area contributed by atoms with Crippen LogP contribution >= 0.6 is 0 Å². The highest BCUT2D eigenvalue weighted by Gasteiger charge is 2.23. The predicted molar refractivity (Wildman–Crippen MR) is 143 cm³/mol. The van der Waals surface area contributed by atoms with Crippen molar-refractivity contribution < 1.29 is 23.1 Å². The minimum atomic E-state index is -0.898. The molecule has 3 nitrogen and oxygen atoms in total. The highest BCUT2D eigenvalue weighted by molar-refractivity contribution is 5.79. The molecule has 37 heavy (non-hydrogen) atoms. The summed E-state index contributed by atoms with van der Waals surface area (Å²) in [6, 6.07) is 16.3. The monoisotopic (exact) mass is 511 g/mol. The van der Waals surface area contributed by atoms with Crippen molar-refractivity contribution in [3.63, 3.8) is 0 Å². The molecule has 0 fully saturated rings. The van der Waals surface area contributed by atoms with Crippen molar-refractivity contribution in [3.8, 4) is 11.1 Å². The third kappa shape index (κ3) is 8.11. The van der Waals surface area contributed by atoms with Crippen LogP contribution in [0.2, 0.25) is 0 Å². The maximum absolute atomic E-state index is 14.0. The predicted octanol–water partition coefficient (Wildman–Crippen LogP) is 8.37. The number of carboxylic acid groups (broad SMARTS) is 1. The number of halogens is 3. The SMILES string of the molecule is CC(C)CCN(Cc1cc(F)cc(F)c1)c1cc(-c2ccc(CF)cc2)cc([C@@H](CC(C)C)C(=O)O)c1. The summed E-state index contributed by atoms with van der Waals surface area (Å²) in [5.74, 6) is -2.30. The van der Waals surface area contributed by atoms with Crippen LogP contribution in [-0.2, 0) is 18.0 Å². The van der Waals surface area contributed by atoms with E-state index in [9.17, 15) is 23.1 Å². The smallest absolute Gasteiger partial charge is 0.310 e. The van der Waals surface area contributed by atoms with Crippen molar-refractivity contribution in [2.45, 2.75) is 59.7 Å². The number of carbonyl (C=O) groups is 1. The van der Waals surface area contributed by atoms with E-state index in [-0.39, 0.29) is 12.5 Å². The Morgan fingerprint density at radius 3 is 2.03 bits per heavy atom. The maximum Gasteiger partial charge on any atom is 0.310 e. The molecule has 1 atom stereocenters. The summed E-state index contributed by atoms with van der Waals surface area (Å²) >= 11 is 0. The zero-order valence-electron chi connectivity index (χ0n) is 22.0. The van der Waals surface area contributed by atoms with Crippen molar-refractivity contribution in [1.29, 1.82) is 0 Å². The molecule has 0 unspecified atom stereocenters. The van der Waals surface area contributed by atoms with E-state index in [2.05, 4.69) is 13.8 Å². The summed E-state index contributed by atoms with van der Waals surface area (Å²) in [4.78, 5) is 14.3. The Labute approximate surface area is 218 Å². The van der Waals surface area contributed by atoms with E-state index in [1.165, 1.54) is 12.1 Å². The quantitative estimate of drug-likeness (QED) is 0.266. The average Bonchev–Trinajstić information content (AvgIpc) is 2.84. The van der Waals surface area contributed by atoms with Crippen LogP contribution in [-0.4, -0.2) is 17.6 Å². The summed E-state index contributed by atoms with van der Waals surface area (Å²) in [5.41, 5.74) is 4.17. The van der Waals surface area contributed by atoms with Crippen molar-refractivity contribution in [2.75, 3.05) is 11.4 Å². The standard InChI is InChI=1S/C31H36F3NO2/c1-20(2)9-10-35(19-23-12-27(33)17-28(34)13-23)29-15-25(24-7-5-22(18-32)6-8-24)14-26(16-29)30(31(36)37)11-21(3)4/h5-8,12-17,20-21,30H,9-11,18-19H2,1-4H3,(H,36,37)/t30-/m1/s1. The number of carboxylic acids is 1. The fourth-order valence-corrected chi connectivity index (χ4v) is 4.46. The molecule has 198 valence electrons. The van der Waals surface area contributed by atoms with Gasteiger partial charge in [0.2, 0.25) is 0 Å². The molecule has 6 heteroatoms. The van der Waals surface area contributed by atoms with Gasteiger partial charge >= 0.3 is 5.97 Å². The van der Waals surface area contributed by atoms with Crippen LogP contribution in [0.25, 0.3) is 11.1 Å². The van der Waals surface area contributed by atoms with Crippen LogP contribution in [0.5, 0.6) is 0 Å². The summed E-state index contributed by atoms with van der Waals surface area (Å²) in [7, 11) is 0. The van der Waals surface area contributed by atoms with Gasteiger partial charge in [0.15, 0.2) is 0 Å². The van der Waals surface area contributed by atoms with Crippen molar-refractivity contribution >= 4 is 11.7 Å². The second-order valence-electron chi connectivity index (χ2n) is 10.5. The molecule has 0 radical (unpaired) electrons. The lowest BCUT2D eigenvalue weighted by Crippen LogP contribution is -2.25. The minimum Gasteiger partial charge on any atom is -0.481 e. The fourth-order valence-electron chi connectivity index (χ4n) is 4.46. The first-order chi connectivity index (χ1) is 17.5. The van der Waals surface area contributed by atoms with E-state index in [1.807, 2.05) is 49.1 Å². The Morgan fingerprint density at radius 1 is 0.838 bits per heavy atom. The molecule has 0 aliphatic heterocycles. The van der Waals surface area contributed by atoms with E-state index in [4.69, 9.17) is 0 Å². The van der Waals surface area contributed by atoms with Gasteiger partial charge in [0, 0.05) is 24.8 Å². The van der Waals surface area contributed by atoms with E-state index >= 15 is 0 Å². The molecular weight excluding hydrogens is 475 g/mol. The van der Waals surface area contributed by atoms with Gasteiger partial charge < -0.3 is 10.0 Å². The first kappa shape index (κ1) is 28.3. The van der Waals surface area contributed by atoms with Crippen LogP contribution < -0.4 is 4.90 Å². The fraction of sp³-hybridized carbons (Fsp3) is 0.387. The molecule has 0 bridgehead atoms. The van der Waals surface area contributed by atoms with Crippen LogP contribution in [0, 0.1) is 23.5 Å². The molecular formula is C31H36F3NO2. The first-order valence-electron chi connectivity index (χ1n) is 12.8.